The zero-order chi connectivity index (χ0) is 47.3. The van der Waals surface area contributed by atoms with Gasteiger partial charge in [-0.15, -0.1) is 0 Å². The van der Waals surface area contributed by atoms with Gasteiger partial charge in [-0.3, -0.25) is 0 Å². The van der Waals surface area contributed by atoms with Gasteiger partial charge < -0.3 is 99.5 Å². The van der Waals surface area contributed by atoms with Crippen molar-refractivity contribution in [3.05, 3.63) is 0 Å². The van der Waals surface area contributed by atoms with Crippen molar-refractivity contribution in [3.63, 3.8) is 0 Å². The molecule has 13 N–H and O–H groups in total. The molecule has 0 amide bonds. The summed E-state index contributed by atoms with van der Waals surface area (Å²) >= 11 is 0. The molecule has 0 unspecified atom stereocenters. The topological polar surface area (TPSA) is 328 Å². The highest BCUT2D eigenvalue weighted by atomic mass is 16.7. The van der Waals surface area contributed by atoms with Crippen LogP contribution in [0.25, 0.3) is 0 Å². The number of hydrogen-bond donors (Lipinski definition) is 13. The van der Waals surface area contributed by atoms with E-state index in [4.69, 9.17) is 33.2 Å². The van der Waals surface area contributed by atoms with E-state index in [9.17, 15) is 66.4 Å². The maximum Gasteiger partial charge on any atom is 0.187 e. The summed E-state index contributed by atoms with van der Waals surface area (Å²) in [6, 6.07) is 0. The number of ether oxygens (including phenoxy) is 7. The molecule has 0 aromatic rings. The molecule has 4 saturated carbocycles. The molecule has 65 heavy (non-hydrogen) atoms. The Hall–Kier alpha value is -0.800. The van der Waals surface area contributed by atoms with E-state index in [1.807, 2.05) is 13.8 Å². The summed E-state index contributed by atoms with van der Waals surface area (Å²) in [6.07, 6.45) is -18.9. The molecule has 0 spiro atoms. The van der Waals surface area contributed by atoms with Crippen molar-refractivity contribution in [2.24, 2.45) is 46.3 Å². The Morgan fingerprint density at radius 1 is 0.677 bits per heavy atom. The highest BCUT2D eigenvalue weighted by Crippen LogP contribution is 2.71. The van der Waals surface area contributed by atoms with Crippen LogP contribution >= 0.6 is 0 Å². The summed E-state index contributed by atoms with van der Waals surface area (Å²) < 4.78 is 41.3. The van der Waals surface area contributed by atoms with Gasteiger partial charge >= 0.3 is 0 Å². The molecule has 4 heterocycles. The van der Waals surface area contributed by atoms with Crippen LogP contribution in [-0.4, -0.2) is 208 Å². The first kappa shape index (κ1) is 50.6. The van der Waals surface area contributed by atoms with Crippen molar-refractivity contribution < 1.29 is 99.5 Å². The van der Waals surface area contributed by atoms with Gasteiger partial charge in [-0.2, -0.15) is 0 Å². The molecule has 20 nitrogen and oxygen atoms in total. The van der Waals surface area contributed by atoms with Gasteiger partial charge in [0.15, 0.2) is 24.7 Å². The Morgan fingerprint density at radius 3 is 2.00 bits per heavy atom. The molecule has 8 rings (SSSR count). The largest absolute Gasteiger partial charge is 0.394 e. The fourth-order valence-electron chi connectivity index (χ4n) is 14.1. The first-order chi connectivity index (χ1) is 30.5. The number of aliphatic hydroxyl groups is 13. The van der Waals surface area contributed by atoms with Crippen LogP contribution in [0.5, 0.6) is 0 Å². The van der Waals surface area contributed by atoms with Crippen LogP contribution in [-0.2, 0) is 33.2 Å². The Labute approximate surface area is 379 Å². The number of hydrogen-bond acceptors (Lipinski definition) is 20. The van der Waals surface area contributed by atoms with Crippen LogP contribution in [0.15, 0.2) is 0 Å². The summed E-state index contributed by atoms with van der Waals surface area (Å²) in [5.74, 6) is -1.30. The van der Waals surface area contributed by atoms with Crippen molar-refractivity contribution in [1.82, 2.24) is 0 Å². The first-order valence-corrected chi connectivity index (χ1v) is 23.9. The van der Waals surface area contributed by atoms with E-state index in [1.54, 1.807) is 0 Å². The third kappa shape index (κ3) is 8.47. The van der Waals surface area contributed by atoms with E-state index in [0.29, 0.717) is 38.5 Å². The van der Waals surface area contributed by atoms with Crippen molar-refractivity contribution >= 4 is 0 Å². The molecule has 4 saturated heterocycles. The molecule has 8 fully saturated rings. The smallest absolute Gasteiger partial charge is 0.187 e. The lowest BCUT2D eigenvalue weighted by Gasteiger charge is -2.65. The standard InChI is InChI=1S/C45H76O20/c1-18(17-59-39-35(54)33(52)31(50)26(15-46)62-39)6-11-45(58)19(2)29-25(65-45)13-24-22-12-28(48)44(57)14-21(7-10-43(44,5)23(22)8-9-42(24,29)4)61-41-37(56)34(53)38(27(16-47)63-41)64-40-36(55)32(51)30(49)20(3)60-40/h18-41,46-58H,6-17H2,1-5H3/t18-,19+,20+,21+,22+,23+,24+,25+,26+,27+,28+,29+,30+,31+,32-,33-,34+,35+,36+,37+,38+,39+,40-,41+,42-,43-,44+,45+/m1/s1. The lowest BCUT2D eigenvalue weighted by Crippen LogP contribution is -2.69. The molecule has 376 valence electrons. The van der Waals surface area contributed by atoms with E-state index in [-0.39, 0.29) is 60.1 Å². The Morgan fingerprint density at radius 2 is 1.31 bits per heavy atom. The fraction of sp³-hybridized carbons (Fsp3) is 1.00. The lowest BCUT2D eigenvalue weighted by molar-refractivity contribution is -0.364. The van der Waals surface area contributed by atoms with Crippen LogP contribution in [0.3, 0.4) is 0 Å². The highest BCUT2D eigenvalue weighted by molar-refractivity contribution is 5.20. The normalized spacial score (nSPS) is 57.2. The fourth-order valence-corrected chi connectivity index (χ4v) is 14.1. The summed E-state index contributed by atoms with van der Waals surface area (Å²) in [7, 11) is 0. The second-order valence-electron chi connectivity index (χ2n) is 21.7. The third-order valence-electron chi connectivity index (χ3n) is 18.1. The molecule has 8 aliphatic rings. The van der Waals surface area contributed by atoms with Gasteiger partial charge in [0.1, 0.15) is 67.1 Å². The minimum absolute atomic E-state index is 0.0346. The van der Waals surface area contributed by atoms with Gasteiger partial charge in [0.25, 0.3) is 0 Å². The van der Waals surface area contributed by atoms with E-state index in [1.165, 1.54) is 6.92 Å². The summed E-state index contributed by atoms with van der Waals surface area (Å²) in [4.78, 5) is 0. The SMILES string of the molecule is C[C@H](CC[C@]1(O)O[C@H]2C[C@H]3[C@H]4C[C@H](O)[C@@]5(O)C[C@@H](O[C@H]6O[C@@H](CO)[C@H](O[C@H]7O[C@@H](C)[C@H](O)[C@@H](O)[C@@H]7O)[C@@H](O)[C@@H]6O)CC[C@]5(C)[C@H]4CC[C@@]3(C)[C@H]2[C@@H]1C)CO[C@H]1O[C@@H](CO)[C@H](O)[C@@H](O)[C@@H]1O. The van der Waals surface area contributed by atoms with Gasteiger partial charge in [-0.05, 0) is 86.9 Å². The molecule has 4 aliphatic heterocycles. The van der Waals surface area contributed by atoms with Crippen molar-refractivity contribution in [1.29, 1.82) is 0 Å². The zero-order valence-corrected chi connectivity index (χ0v) is 38.0. The number of rotatable bonds is 12. The average Bonchev–Trinajstić information content (AvgIpc) is 3.71. The molecule has 0 bridgehead atoms. The molecule has 4 aliphatic carbocycles. The zero-order valence-electron chi connectivity index (χ0n) is 38.0. The van der Waals surface area contributed by atoms with Crippen LogP contribution in [0, 0.1) is 46.3 Å². The molecular weight excluding hydrogens is 860 g/mol. The van der Waals surface area contributed by atoms with E-state index in [0.717, 1.165) is 12.8 Å². The number of fused-ring (bicyclic) bond motifs is 7. The van der Waals surface area contributed by atoms with Crippen molar-refractivity contribution in [2.45, 2.75) is 214 Å². The second-order valence-corrected chi connectivity index (χ2v) is 21.7. The lowest BCUT2D eigenvalue weighted by atomic mass is 9.42. The molecule has 0 radical (unpaired) electrons. The van der Waals surface area contributed by atoms with Gasteiger partial charge in [-0.25, -0.2) is 0 Å². The van der Waals surface area contributed by atoms with Crippen LogP contribution < -0.4 is 0 Å². The van der Waals surface area contributed by atoms with Gasteiger partial charge in [0.05, 0.1) is 49.8 Å². The second kappa shape index (κ2) is 18.7. The van der Waals surface area contributed by atoms with Gasteiger partial charge in [0.2, 0.25) is 0 Å². The Bertz CT molecular complexity index is 1630. The number of aliphatic hydroxyl groups excluding tert-OH is 11. The molecule has 20 heteroatoms. The van der Waals surface area contributed by atoms with E-state index < -0.39 is 134 Å². The van der Waals surface area contributed by atoms with Crippen LogP contribution in [0.2, 0.25) is 0 Å². The predicted octanol–water partition coefficient (Wildman–Crippen LogP) is -2.67. The molecule has 0 aromatic heterocycles. The summed E-state index contributed by atoms with van der Waals surface area (Å²) in [6.45, 7) is 8.69. The minimum atomic E-state index is -1.70. The highest BCUT2D eigenvalue weighted by Gasteiger charge is 2.72. The van der Waals surface area contributed by atoms with Crippen molar-refractivity contribution in [3.8, 4) is 0 Å². The Kier molecular flexibility index (Phi) is 14.6. The van der Waals surface area contributed by atoms with Gasteiger partial charge in [-0.1, -0.05) is 27.7 Å². The monoisotopic (exact) mass is 936 g/mol. The Balaban J connectivity index is 0.869. The van der Waals surface area contributed by atoms with Crippen LogP contribution in [0.1, 0.15) is 92.4 Å². The van der Waals surface area contributed by atoms with Crippen molar-refractivity contribution in [2.75, 3.05) is 19.8 Å². The molecule has 0 aromatic carbocycles. The summed E-state index contributed by atoms with van der Waals surface area (Å²) in [5, 5.41) is 140. The molecule has 28 atom stereocenters. The van der Waals surface area contributed by atoms with Gasteiger partial charge in [0, 0.05) is 24.2 Å². The minimum Gasteiger partial charge on any atom is -0.394 e. The molecular formula is C45H76O20. The predicted molar refractivity (Wildman–Crippen MR) is 220 cm³/mol. The van der Waals surface area contributed by atoms with E-state index in [2.05, 4.69) is 13.8 Å². The average molecular weight is 937 g/mol. The maximum atomic E-state index is 12.6. The summed E-state index contributed by atoms with van der Waals surface area (Å²) in [5.41, 5.74) is -2.44. The van der Waals surface area contributed by atoms with E-state index >= 15 is 0 Å². The van der Waals surface area contributed by atoms with Crippen LogP contribution in [0.4, 0.5) is 0 Å². The maximum absolute atomic E-state index is 12.6. The third-order valence-corrected chi connectivity index (χ3v) is 18.1. The quantitative estimate of drug-likeness (QED) is 0.0888. The first-order valence-electron chi connectivity index (χ1n) is 23.9.